The van der Waals surface area contributed by atoms with E-state index in [0.29, 0.717) is 17.3 Å². The largest absolute Gasteiger partial charge is 0.324 e. The highest BCUT2D eigenvalue weighted by Crippen LogP contribution is 2.25. The Bertz CT molecular complexity index is 384. The summed E-state index contributed by atoms with van der Waals surface area (Å²) < 4.78 is 0.883. The Morgan fingerprint density at radius 2 is 2.25 bits per heavy atom. The number of rotatable bonds is 4. The molecular formula is C11H14BrClN2O. The summed E-state index contributed by atoms with van der Waals surface area (Å²) in [6, 6.07) is 5.35. The van der Waals surface area contributed by atoms with Crippen molar-refractivity contribution in [1.29, 1.82) is 0 Å². The molecule has 16 heavy (non-hydrogen) atoms. The molecule has 1 aromatic carbocycles. The van der Waals surface area contributed by atoms with Crippen LogP contribution in [0.15, 0.2) is 22.7 Å². The van der Waals surface area contributed by atoms with Crippen LogP contribution < -0.4 is 10.6 Å². The second kappa shape index (κ2) is 6.23. The molecule has 88 valence electrons. The molecule has 0 aliphatic rings. The number of hydrogen-bond acceptors (Lipinski definition) is 2. The van der Waals surface area contributed by atoms with E-state index in [1.54, 1.807) is 12.1 Å². The van der Waals surface area contributed by atoms with E-state index in [9.17, 15) is 4.79 Å². The van der Waals surface area contributed by atoms with E-state index in [1.807, 2.05) is 20.0 Å². The van der Waals surface area contributed by atoms with Gasteiger partial charge in [-0.05, 0) is 25.2 Å². The fraction of sp³-hybridized carbons (Fsp3) is 0.364. The van der Waals surface area contributed by atoms with E-state index in [1.165, 1.54) is 0 Å². The number of carbonyl (C=O) groups is 1. The number of carbonyl (C=O) groups excluding carboxylic acids is 1. The molecule has 0 aliphatic heterocycles. The first-order chi connectivity index (χ1) is 7.54. The van der Waals surface area contributed by atoms with Gasteiger partial charge in [-0.25, -0.2) is 0 Å². The highest BCUT2D eigenvalue weighted by Gasteiger charge is 2.13. The first kappa shape index (κ1) is 13.5. The van der Waals surface area contributed by atoms with E-state index >= 15 is 0 Å². The summed E-state index contributed by atoms with van der Waals surface area (Å²) in [7, 11) is 1.82. The molecule has 1 rings (SSSR count). The monoisotopic (exact) mass is 304 g/mol. The van der Waals surface area contributed by atoms with E-state index in [2.05, 4.69) is 26.6 Å². The maximum Gasteiger partial charge on any atom is 0.228 e. The minimum absolute atomic E-state index is 0.0469. The van der Waals surface area contributed by atoms with Crippen molar-refractivity contribution in [2.24, 2.45) is 5.92 Å². The summed E-state index contributed by atoms with van der Waals surface area (Å²) in [5.41, 5.74) is 0.629. The summed E-state index contributed by atoms with van der Waals surface area (Å²) >= 11 is 9.30. The van der Waals surface area contributed by atoms with Gasteiger partial charge in [-0.15, -0.1) is 0 Å². The molecule has 0 aliphatic carbocycles. The van der Waals surface area contributed by atoms with Crippen molar-refractivity contribution in [2.75, 3.05) is 18.9 Å². The smallest absolute Gasteiger partial charge is 0.228 e. The molecule has 0 spiro atoms. The van der Waals surface area contributed by atoms with Crippen LogP contribution in [-0.2, 0) is 4.79 Å². The van der Waals surface area contributed by atoms with Crippen molar-refractivity contribution in [1.82, 2.24) is 5.32 Å². The Hall–Kier alpha value is -0.580. The van der Waals surface area contributed by atoms with Crippen LogP contribution in [0.1, 0.15) is 6.92 Å². The quantitative estimate of drug-likeness (QED) is 0.898. The highest BCUT2D eigenvalue weighted by atomic mass is 79.9. The average molecular weight is 306 g/mol. The lowest BCUT2D eigenvalue weighted by Crippen LogP contribution is -2.28. The van der Waals surface area contributed by atoms with Crippen LogP contribution >= 0.6 is 27.5 Å². The van der Waals surface area contributed by atoms with Crippen LogP contribution in [0, 0.1) is 5.92 Å². The van der Waals surface area contributed by atoms with E-state index in [0.717, 1.165) is 4.47 Å². The van der Waals surface area contributed by atoms with Crippen LogP contribution in [0.25, 0.3) is 0 Å². The molecule has 0 radical (unpaired) electrons. The van der Waals surface area contributed by atoms with Gasteiger partial charge < -0.3 is 10.6 Å². The number of amides is 1. The Labute approximate surface area is 109 Å². The lowest BCUT2D eigenvalue weighted by molar-refractivity contribution is -0.119. The zero-order valence-electron chi connectivity index (χ0n) is 9.18. The molecule has 1 unspecified atom stereocenters. The summed E-state index contributed by atoms with van der Waals surface area (Å²) in [5.74, 6) is -0.144. The standard InChI is InChI=1S/C11H14BrClN2O/c1-7(6-14-2)11(16)15-10-5-8(12)3-4-9(10)13/h3-5,7,14H,6H2,1-2H3,(H,15,16). The van der Waals surface area contributed by atoms with Crippen molar-refractivity contribution in [3.05, 3.63) is 27.7 Å². The van der Waals surface area contributed by atoms with Gasteiger partial charge in [0, 0.05) is 16.9 Å². The zero-order valence-corrected chi connectivity index (χ0v) is 11.5. The van der Waals surface area contributed by atoms with Gasteiger partial charge in [-0.1, -0.05) is 34.5 Å². The molecule has 5 heteroatoms. The third-order valence-electron chi connectivity index (χ3n) is 2.14. The van der Waals surface area contributed by atoms with Crippen molar-refractivity contribution in [2.45, 2.75) is 6.92 Å². The van der Waals surface area contributed by atoms with E-state index < -0.39 is 0 Å². The third-order valence-corrected chi connectivity index (χ3v) is 2.97. The number of benzene rings is 1. The van der Waals surface area contributed by atoms with Crippen LogP contribution in [-0.4, -0.2) is 19.5 Å². The molecule has 0 saturated heterocycles. The summed E-state index contributed by atoms with van der Waals surface area (Å²) in [5, 5.41) is 6.29. The van der Waals surface area contributed by atoms with Gasteiger partial charge in [-0.3, -0.25) is 4.79 Å². The highest BCUT2D eigenvalue weighted by molar-refractivity contribution is 9.10. The first-order valence-electron chi connectivity index (χ1n) is 4.95. The van der Waals surface area contributed by atoms with Gasteiger partial charge in [0.1, 0.15) is 0 Å². The maximum absolute atomic E-state index is 11.7. The molecule has 2 N–H and O–H groups in total. The second-order valence-corrected chi connectivity index (χ2v) is 4.90. The Morgan fingerprint density at radius 3 is 2.88 bits per heavy atom. The second-order valence-electron chi connectivity index (χ2n) is 3.57. The van der Waals surface area contributed by atoms with Crippen LogP contribution in [0.5, 0.6) is 0 Å². The predicted octanol–water partition coefficient (Wildman–Crippen LogP) is 2.90. The zero-order chi connectivity index (χ0) is 12.1. The predicted molar refractivity (Wildman–Crippen MR) is 70.9 cm³/mol. The number of hydrogen-bond donors (Lipinski definition) is 2. The average Bonchev–Trinajstić information content (AvgIpc) is 2.23. The molecule has 0 aromatic heterocycles. The fourth-order valence-electron chi connectivity index (χ4n) is 1.25. The normalized spacial score (nSPS) is 12.2. The topological polar surface area (TPSA) is 41.1 Å². The molecule has 0 heterocycles. The van der Waals surface area contributed by atoms with E-state index in [4.69, 9.17) is 11.6 Å². The van der Waals surface area contributed by atoms with Gasteiger partial charge in [-0.2, -0.15) is 0 Å². The summed E-state index contributed by atoms with van der Waals surface area (Å²) in [6.07, 6.45) is 0. The van der Waals surface area contributed by atoms with Gasteiger partial charge in [0.05, 0.1) is 10.7 Å². The Morgan fingerprint density at radius 1 is 1.56 bits per heavy atom. The lowest BCUT2D eigenvalue weighted by atomic mass is 10.1. The minimum Gasteiger partial charge on any atom is -0.324 e. The van der Waals surface area contributed by atoms with Crippen molar-refractivity contribution in [3.63, 3.8) is 0 Å². The molecule has 1 atom stereocenters. The van der Waals surface area contributed by atoms with Crippen molar-refractivity contribution in [3.8, 4) is 0 Å². The molecule has 1 amide bonds. The minimum atomic E-state index is -0.0972. The van der Waals surface area contributed by atoms with Crippen molar-refractivity contribution >= 4 is 39.1 Å². The lowest BCUT2D eigenvalue weighted by Gasteiger charge is -2.12. The third kappa shape index (κ3) is 3.77. The maximum atomic E-state index is 11.7. The first-order valence-corrected chi connectivity index (χ1v) is 6.12. The van der Waals surface area contributed by atoms with E-state index in [-0.39, 0.29) is 11.8 Å². The Kier molecular flexibility index (Phi) is 5.25. The van der Waals surface area contributed by atoms with Crippen LogP contribution in [0.3, 0.4) is 0 Å². The summed E-state index contributed by atoms with van der Waals surface area (Å²) in [4.78, 5) is 11.7. The number of anilines is 1. The van der Waals surface area contributed by atoms with Gasteiger partial charge in [0.25, 0.3) is 0 Å². The van der Waals surface area contributed by atoms with Gasteiger partial charge >= 0.3 is 0 Å². The van der Waals surface area contributed by atoms with Gasteiger partial charge in [0.15, 0.2) is 0 Å². The van der Waals surface area contributed by atoms with Gasteiger partial charge in [0.2, 0.25) is 5.91 Å². The fourth-order valence-corrected chi connectivity index (χ4v) is 1.77. The Balaban J connectivity index is 2.72. The summed E-state index contributed by atoms with van der Waals surface area (Å²) in [6.45, 7) is 2.50. The van der Waals surface area contributed by atoms with Crippen LogP contribution in [0.4, 0.5) is 5.69 Å². The SMILES string of the molecule is CNCC(C)C(=O)Nc1cc(Br)ccc1Cl. The van der Waals surface area contributed by atoms with Crippen molar-refractivity contribution < 1.29 is 4.79 Å². The van der Waals surface area contributed by atoms with Crippen LogP contribution in [0.2, 0.25) is 5.02 Å². The molecule has 0 fully saturated rings. The molecular weight excluding hydrogens is 291 g/mol. The molecule has 0 saturated carbocycles. The molecule has 3 nitrogen and oxygen atoms in total. The number of halogens is 2. The molecule has 1 aromatic rings. The number of nitrogens with one attached hydrogen (secondary N) is 2. The molecule has 0 bridgehead atoms.